The largest absolute Gasteiger partial charge is 0.440 e. The third kappa shape index (κ3) is 4.07. The maximum absolute atomic E-state index is 13.2. The molecular weight excluding hydrogens is 374 g/mol. The second-order valence-corrected chi connectivity index (χ2v) is 8.86. The van der Waals surface area contributed by atoms with Crippen molar-refractivity contribution in [3.05, 3.63) is 59.5 Å². The molecule has 0 radical (unpaired) electrons. The lowest BCUT2D eigenvalue weighted by Crippen LogP contribution is -2.42. The highest BCUT2D eigenvalue weighted by atomic mass is 16.3. The van der Waals surface area contributed by atoms with Crippen LogP contribution >= 0.6 is 0 Å². The number of piperidine rings is 1. The van der Waals surface area contributed by atoms with Gasteiger partial charge in [-0.3, -0.25) is 0 Å². The third-order valence-electron chi connectivity index (χ3n) is 5.97. The maximum atomic E-state index is 13.2. The van der Waals surface area contributed by atoms with E-state index in [-0.39, 0.29) is 11.9 Å². The Labute approximate surface area is 178 Å². The Morgan fingerprint density at radius 2 is 1.77 bits per heavy atom. The lowest BCUT2D eigenvalue weighted by molar-refractivity contribution is 0.187. The molecule has 0 bridgehead atoms. The molecule has 2 aromatic carbocycles. The zero-order chi connectivity index (χ0) is 21.3. The molecule has 5 heteroatoms. The van der Waals surface area contributed by atoms with Crippen LogP contribution in [0.4, 0.5) is 10.5 Å². The van der Waals surface area contributed by atoms with Gasteiger partial charge in [-0.25, -0.2) is 9.78 Å². The number of aromatic nitrogens is 1. The standard InChI is InChI=1S/C25H31N3O2/c1-16(2)19-10-7-11-20(17(3)4)23(19)27-25(29)28-14-8-9-18(15-28)24-26-21-12-5-6-13-22(21)30-24/h5-7,10-13,16-18H,8-9,14-15H2,1-4H3,(H,27,29). The first-order chi connectivity index (χ1) is 14.4. The molecule has 1 saturated heterocycles. The highest BCUT2D eigenvalue weighted by molar-refractivity contribution is 5.91. The fourth-order valence-corrected chi connectivity index (χ4v) is 4.31. The fourth-order valence-electron chi connectivity index (χ4n) is 4.31. The van der Waals surface area contributed by atoms with E-state index >= 15 is 0 Å². The molecule has 1 N–H and O–H groups in total. The van der Waals surface area contributed by atoms with Crippen molar-refractivity contribution >= 4 is 22.8 Å². The first-order valence-electron chi connectivity index (χ1n) is 11.0. The average Bonchev–Trinajstić information content (AvgIpc) is 3.18. The molecule has 5 nitrogen and oxygen atoms in total. The van der Waals surface area contributed by atoms with Crippen LogP contribution in [0.15, 0.2) is 46.9 Å². The Kier molecular flexibility index (Phi) is 5.80. The summed E-state index contributed by atoms with van der Waals surface area (Å²) in [4.78, 5) is 19.8. The van der Waals surface area contributed by atoms with Gasteiger partial charge in [0.2, 0.25) is 0 Å². The van der Waals surface area contributed by atoms with Crippen LogP contribution < -0.4 is 5.32 Å². The van der Waals surface area contributed by atoms with Gasteiger partial charge in [-0.05, 0) is 47.9 Å². The first kappa shape index (κ1) is 20.5. The number of hydrogen-bond acceptors (Lipinski definition) is 3. The molecule has 1 unspecified atom stereocenters. The third-order valence-corrected chi connectivity index (χ3v) is 5.97. The van der Waals surface area contributed by atoms with Gasteiger partial charge in [-0.2, -0.15) is 0 Å². The Morgan fingerprint density at radius 1 is 1.07 bits per heavy atom. The summed E-state index contributed by atoms with van der Waals surface area (Å²) in [5.41, 5.74) is 5.02. The molecule has 1 aliphatic rings. The van der Waals surface area contributed by atoms with Gasteiger partial charge in [0.15, 0.2) is 11.5 Å². The molecule has 3 aromatic rings. The highest BCUT2D eigenvalue weighted by Crippen LogP contribution is 2.34. The molecular formula is C25H31N3O2. The number of hydrogen-bond donors (Lipinski definition) is 1. The molecule has 4 rings (SSSR count). The van der Waals surface area contributed by atoms with E-state index in [0.29, 0.717) is 18.4 Å². The fraction of sp³-hybridized carbons (Fsp3) is 0.440. The Balaban J connectivity index is 1.54. The number of nitrogens with one attached hydrogen (secondary N) is 1. The molecule has 1 aromatic heterocycles. The van der Waals surface area contributed by atoms with Crippen molar-refractivity contribution in [1.29, 1.82) is 0 Å². The van der Waals surface area contributed by atoms with Crippen molar-refractivity contribution in [2.75, 3.05) is 18.4 Å². The van der Waals surface area contributed by atoms with Gasteiger partial charge < -0.3 is 14.6 Å². The number of oxazole rings is 1. The normalized spacial score (nSPS) is 17.1. The molecule has 1 aliphatic heterocycles. The number of benzene rings is 2. The lowest BCUT2D eigenvalue weighted by Gasteiger charge is -2.32. The first-order valence-corrected chi connectivity index (χ1v) is 11.0. The summed E-state index contributed by atoms with van der Waals surface area (Å²) in [5.74, 6) is 1.54. The van der Waals surface area contributed by atoms with Crippen molar-refractivity contribution in [3.8, 4) is 0 Å². The smallest absolute Gasteiger partial charge is 0.321 e. The number of carbonyl (C=O) groups excluding carboxylic acids is 1. The van der Waals surface area contributed by atoms with Gasteiger partial charge in [0, 0.05) is 18.8 Å². The number of rotatable bonds is 4. The molecule has 1 atom stereocenters. The van der Waals surface area contributed by atoms with Gasteiger partial charge in [0.05, 0.1) is 5.92 Å². The van der Waals surface area contributed by atoms with Crippen LogP contribution in [-0.2, 0) is 0 Å². The van der Waals surface area contributed by atoms with E-state index in [1.165, 1.54) is 11.1 Å². The molecule has 2 amide bonds. The van der Waals surface area contributed by atoms with E-state index in [9.17, 15) is 4.79 Å². The Hall–Kier alpha value is -2.82. The number of carbonyl (C=O) groups is 1. The summed E-state index contributed by atoms with van der Waals surface area (Å²) in [7, 11) is 0. The van der Waals surface area contributed by atoms with Gasteiger partial charge >= 0.3 is 6.03 Å². The van der Waals surface area contributed by atoms with Crippen LogP contribution in [0.2, 0.25) is 0 Å². The molecule has 1 fully saturated rings. The van der Waals surface area contributed by atoms with E-state index in [4.69, 9.17) is 4.42 Å². The summed E-state index contributed by atoms with van der Waals surface area (Å²) in [6.07, 6.45) is 1.93. The predicted molar refractivity (Wildman–Crippen MR) is 121 cm³/mol. The topological polar surface area (TPSA) is 58.4 Å². The van der Waals surface area contributed by atoms with Crippen LogP contribution in [0.1, 0.15) is 75.3 Å². The van der Waals surface area contributed by atoms with Gasteiger partial charge in [0.1, 0.15) is 5.52 Å². The maximum Gasteiger partial charge on any atom is 0.321 e. The zero-order valence-electron chi connectivity index (χ0n) is 18.3. The van der Waals surface area contributed by atoms with Gasteiger partial charge in [0.25, 0.3) is 0 Å². The lowest BCUT2D eigenvalue weighted by atomic mass is 9.92. The second kappa shape index (κ2) is 8.50. The van der Waals surface area contributed by atoms with Crippen molar-refractivity contribution in [3.63, 3.8) is 0 Å². The highest BCUT2D eigenvalue weighted by Gasteiger charge is 2.29. The van der Waals surface area contributed by atoms with Crippen molar-refractivity contribution in [1.82, 2.24) is 9.88 Å². The molecule has 30 heavy (non-hydrogen) atoms. The molecule has 0 saturated carbocycles. The van der Waals surface area contributed by atoms with Crippen molar-refractivity contribution in [2.45, 2.75) is 58.3 Å². The van der Waals surface area contributed by atoms with Crippen LogP contribution in [0.25, 0.3) is 11.1 Å². The second-order valence-electron chi connectivity index (χ2n) is 8.86. The van der Waals surface area contributed by atoms with E-state index < -0.39 is 0 Å². The predicted octanol–water partition coefficient (Wildman–Crippen LogP) is 6.49. The number of likely N-dealkylation sites (tertiary alicyclic amines) is 1. The van der Waals surface area contributed by atoms with Crippen LogP contribution in [0, 0.1) is 0 Å². The zero-order valence-corrected chi connectivity index (χ0v) is 18.3. The van der Waals surface area contributed by atoms with Crippen LogP contribution in [0.3, 0.4) is 0 Å². The van der Waals surface area contributed by atoms with Gasteiger partial charge in [-0.15, -0.1) is 0 Å². The summed E-state index contributed by atoms with van der Waals surface area (Å²) >= 11 is 0. The Morgan fingerprint density at radius 3 is 2.43 bits per heavy atom. The molecule has 0 aliphatic carbocycles. The molecule has 158 valence electrons. The summed E-state index contributed by atoms with van der Waals surface area (Å²) in [6.45, 7) is 10.0. The number of para-hydroxylation sites is 3. The van der Waals surface area contributed by atoms with Crippen LogP contribution in [0.5, 0.6) is 0 Å². The quantitative estimate of drug-likeness (QED) is 0.540. The summed E-state index contributed by atoms with van der Waals surface area (Å²) in [5, 5.41) is 3.25. The van der Waals surface area contributed by atoms with E-state index in [1.54, 1.807) is 0 Å². The Bertz CT molecular complexity index is 979. The number of anilines is 1. The number of amides is 2. The summed E-state index contributed by atoms with van der Waals surface area (Å²) < 4.78 is 5.99. The summed E-state index contributed by atoms with van der Waals surface area (Å²) in [6, 6.07) is 14.1. The minimum Gasteiger partial charge on any atom is -0.440 e. The average molecular weight is 406 g/mol. The number of nitrogens with zero attached hydrogens (tertiary/aromatic N) is 2. The van der Waals surface area contributed by atoms with E-state index in [2.05, 4.69) is 56.2 Å². The van der Waals surface area contributed by atoms with Gasteiger partial charge in [-0.1, -0.05) is 58.0 Å². The van der Waals surface area contributed by atoms with Crippen molar-refractivity contribution in [2.24, 2.45) is 0 Å². The monoisotopic (exact) mass is 405 g/mol. The number of fused-ring (bicyclic) bond motifs is 1. The minimum absolute atomic E-state index is 0.0363. The van der Waals surface area contributed by atoms with E-state index in [0.717, 1.165) is 42.1 Å². The number of urea groups is 1. The van der Waals surface area contributed by atoms with E-state index in [1.807, 2.05) is 29.2 Å². The molecule has 0 spiro atoms. The van der Waals surface area contributed by atoms with Crippen LogP contribution in [-0.4, -0.2) is 29.0 Å². The molecule has 2 heterocycles. The SMILES string of the molecule is CC(C)c1cccc(C(C)C)c1NC(=O)N1CCCC(c2nc3ccccc3o2)C1. The van der Waals surface area contributed by atoms with Crippen molar-refractivity contribution < 1.29 is 9.21 Å². The minimum atomic E-state index is -0.0363.